The van der Waals surface area contributed by atoms with E-state index in [1.807, 2.05) is 0 Å². The molecule has 0 saturated heterocycles. The topological polar surface area (TPSA) is 55.2 Å². The first kappa shape index (κ1) is 13.8. The Hall–Kier alpha value is -1.67. The molecule has 0 saturated carbocycles. The Kier molecular flexibility index (Phi) is 4.01. The molecular weight excluding hydrogens is 281 g/mol. The molecule has 1 aromatic carbocycles. The molecule has 1 heterocycles. The van der Waals surface area contributed by atoms with E-state index >= 15 is 0 Å². The van der Waals surface area contributed by atoms with E-state index in [1.54, 1.807) is 24.3 Å². The molecule has 0 fully saturated rings. The molecule has 0 radical (unpaired) electrons. The molecule has 0 spiro atoms. The van der Waals surface area contributed by atoms with Crippen molar-refractivity contribution in [2.45, 2.75) is 12.6 Å². The number of nitrogens with zero attached hydrogens (tertiary/aromatic N) is 2. The third-order valence-electron chi connectivity index (χ3n) is 2.21. The summed E-state index contributed by atoms with van der Waals surface area (Å²) >= 11 is 0.532. The first-order chi connectivity index (χ1) is 9.00. The van der Waals surface area contributed by atoms with Gasteiger partial charge in [0.1, 0.15) is 5.75 Å². The van der Waals surface area contributed by atoms with E-state index in [0.717, 1.165) is 0 Å². The Balaban J connectivity index is 2.19. The van der Waals surface area contributed by atoms with E-state index in [-0.39, 0.29) is 11.8 Å². The van der Waals surface area contributed by atoms with Gasteiger partial charge in [0.25, 0.3) is 11.0 Å². The summed E-state index contributed by atoms with van der Waals surface area (Å²) in [4.78, 5) is 3.28. The molecule has 0 atom stereocenters. The largest absolute Gasteiger partial charge is 0.452 e. The van der Waals surface area contributed by atoms with Gasteiger partial charge in [-0.3, -0.25) is 0 Å². The smallest absolute Gasteiger partial charge is 0.430 e. The van der Waals surface area contributed by atoms with Gasteiger partial charge in [0.15, 0.2) is 0 Å². The molecular formula is C11H9F3N2O2S. The molecule has 0 bridgehead atoms. The molecule has 102 valence electrons. The Labute approximate surface area is 110 Å². The van der Waals surface area contributed by atoms with Crippen molar-refractivity contribution in [1.29, 1.82) is 0 Å². The lowest BCUT2D eigenvalue weighted by Gasteiger charge is -2.07. The normalized spacial score (nSPS) is 11.6. The van der Waals surface area contributed by atoms with Crippen LogP contribution in [0, 0.1) is 0 Å². The fraction of sp³-hybridized carbons (Fsp3) is 0.273. The highest BCUT2D eigenvalue weighted by molar-refractivity contribution is 7.07. The van der Waals surface area contributed by atoms with Crippen LogP contribution in [0.25, 0.3) is 0 Å². The molecule has 1 aromatic heterocycles. The summed E-state index contributed by atoms with van der Waals surface area (Å²) in [7, 11) is 0. The van der Waals surface area contributed by atoms with Crippen LogP contribution in [0.3, 0.4) is 0 Å². The number of ether oxygens (including phenoxy) is 1. The molecule has 2 rings (SSSR count). The van der Waals surface area contributed by atoms with Gasteiger partial charge < -0.3 is 9.84 Å². The minimum atomic E-state index is -4.58. The second-order valence-electron chi connectivity index (χ2n) is 3.57. The van der Waals surface area contributed by atoms with E-state index in [9.17, 15) is 13.2 Å². The molecule has 0 unspecified atom stereocenters. The zero-order valence-corrected chi connectivity index (χ0v) is 10.3. The molecule has 4 nitrogen and oxygen atoms in total. The number of benzene rings is 1. The fourth-order valence-corrected chi connectivity index (χ4v) is 1.95. The van der Waals surface area contributed by atoms with Crippen molar-refractivity contribution in [2.24, 2.45) is 0 Å². The number of aromatic nitrogens is 2. The highest BCUT2D eigenvalue weighted by atomic mass is 32.1. The maximum Gasteiger partial charge on any atom is 0.452 e. The van der Waals surface area contributed by atoms with Crippen LogP contribution in [0.15, 0.2) is 24.3 Å². The minimum Gasteiger partial charge on any atom is -0.430 e. The van der Waals surface area contributed by atoms with Crippen LogP contribution < -0.4 is 4.74 Å². The summed E-state index contributed by atoms with van der Waals surface area (Å²) in [6.45, 7) is -0.0791. The summed E-state index contributed by atoms with van der Waals surface area (Å²) in [5, 5.41) is 8.71. The van der Waals surface area contributed by atoms with Crippen molar-refractivity contribution < 1.29 is 23.0 Å². The number of aliphatic hydroxyl groups excluding tert-OH is 1. The highest BCUT2D eigenvalue weighted by Crippen LogP contribution is 2.32. The SMILES string of the molecule is OCCc1ccccc1Oc1nc(C(F)(F)F)ns1. The quantitative estimate of drug-likeness (QED) is 0.940. The number of aliphatic hydroxyl groups is 1. The number of para-hydroxylation sites is 1. The van der Waals surface area contributed by atoms with E-state index in [1.165, 1.54) is 0 Å². The van der Waals surface area contributed by atoms with Gasteiger partial charge in [0.05, 0.1) is 0 Å². The average Bonchev–Trinajstić information content (AvgIpc) is 2.80. The Morgan fingerprint density at radius 2 is 2.00 bits per heavy atom. The lowest BCUT2D eigenvalue weighted by Crippen LogP contribution is -2.07. The van der Waals surface area contributed by atoms with Crippen LogP contribution in [-0.4, -0.2) is 21.1 Å². The molecule has 0 aliphatic heterocycles. The van der Waals surface area contributed by atoms with Crippen molar-refractivity contribution in [3.8, 4) is 10.9 Å². The number of hydrogen-bond acceptors (Lipinski definition) is 5. The summed E-state index contributed by atoms with van der Waals surface area (Å²) in [6.07, 6.45) is -4.23. The van der Waals surface area contributed by atoms with Crippen LogP contribution >= 0.6 is 11.5 Å². The third-order valence-corrected chi connectivity index (χ3v) is 2.81. The first-order valence-electron chi connectivity index (χ1n) is 5.28. The molecule has 0 aliphatic carbocycles. The van der Waals surface area contributed by atoms with Crippen molar-refractivity contribution in [3.63, 3.8) is 0 Å². The van der Waals surface area contributed by atoms with E-state index < -0.39 is 12.0 Å². The van der Waals surface area contributed by atoms with E-state index in [4.69, 9.17) is 9.84 Å². The second kappa shape index (κ2) is 5.54. The van der Waals surface area contributed by atoms with Crippen LogP contribution in [0.5, 0.6) is 10.9 Å². The average molecular weight is 290 g/mol. The summed E-state index contributed by atoms with van der Waals surface area (Å²) in [6, 6.07) is 6.75. The first-order valence-corrected chi connectivity index (χ1v) is 6.05. The van der Waals surface area contributed by atoms with Gasteiger partial charge in [-0.25, -0.2) is 0 Å². The van der Waals surface area contributed by atoms with Crippen molar-refractivity contribution in [2.75, 3.05) is 6.61 Å². The maximum atomic E-state index is 12.3. The van der Waals surface area contributed by atoms with Crippen LogP contribution in [0.1, 0.15) is 11.4 Å². The number of alkyl halides is 3. The minimum absolute atomic E-state index is 0.0791. The molecule has 0 amide bonds. The van der Waals surface area contributed by atoms with Crippen LogP contribution in [-0.2, 0) is 12.6 Å². The number of halogens is 3. The Morgan fingerprint density at radius 3 is 2.63 bits per heavy atom. The van der Waals surface area contributed by atoms with E-state index in [2.05, 4.69) is 9.36 Å². The predicted octanol–water partition coefficient (Wildman–Crippen LogP) is 2.88. The summed E-state index contributed by atoms with van der Waals surface area (Å²) in [5.74, 6) is -0.853. The monoisotopic (exact) mass is 290 g/mol. The van der Waals surface area contributed by atoms with Gasteiger partial charge in [-0.05, 0) is 18.1 Å². The van der Waals surface area contributed by atoms with Crippen molar-refractivity contribution in [3.05, 3.63) is 35.7 Å². The fourth-order valence-electron chi connectivity index (χ4n) is 1.39. The maximum absolute atomic E-state index is 12.3. The standard InChI is InChI=1S/C11H9F3N2O2S/c12-11(13,14)9-15-10(19-16-9)18-8-4-2-1-3-7(8)5-6-17/h1-4,17H,5-6H2. The van der Waals surface area contributed by atoms with E-state index in [0.29, 0.717) is 29.3 Å². The van der Waals surface area contributed by atoms with Gasteiger partial charge in [-0.2, -0.15) is 22.5 Å². The zero-order chi connectivity index (χ0) is 13.9. The van der Waals surface area contributed by atoms with Gasteiger partial charge in [-0.1, -0.05) is 18.2 Å². The Morgan fingerprint density at radius 1 is 1.26 bits per heavy atom. The zero-order valence-electron chi connectivity index (χ0n) is 9.52. The number of rotatable bonds is 4. The molecule has 1 N–H and O–H groups in total. The second-order valence-corrected chi connectivity index (χ2v) is 4.28. The molecule has 2 aromatic rings. The molecule has 19 heavy (non-hydrogen) atoms. The van der Waals surface area contributed by atoms with Crippen LogP contribution in [0.4, 0.5) is 13.2 Å². The highest BCUT2D eigenvalue weighted by Gasteiger charge is 2.36. The number of hydrogen-bond donors (Lipinski definition) is 1. The lowest BCUT2D eigenvalue weighted by atomic mass is 10.1. The third kappa shape index (κ3) is 3.42. The Bertz CT molecular complexity index is 557. The summed E-state index contributed by atoms with van der Waals surface area (Å²) < 4.78 is 45.5. The molecule has 0 aliphatic rings. The summed E-state index contributed by atoms with van der Waals surface area (Å²) in [5.41, 5.74) is 0.689. The van der Waals surface area contributed by atoms with Crippen LogP contribution in [0.2, 0.25) is 0 Å². The van der Waals surface area contributed by atoms with Gasteiger partial charge >= 0.3 is 6.18 Å². The van der Waals surface area contributed by atoms with Crippen molar-refractivity contribution in [1.82, 2.24) is 9.36 Å². The van der Waals surface area contributed by atoms with Gasteiger partial charge in [0, 0.05) is 18.1 Å². The molecule has 8 heteroatoms. The van der Waals surface area contributed by atoms with Gasteiger partial charge in [-0.15, -0.1) is 0 Å². The van der Waals surface area contributed by atoms with Gasteiger partial charge in [0.2, 0.25) is 0 Å². The lowest BCUT2D eigenvalue weighted by molar-refractivity contribution is -0.144. The van der Waals surface area contributed by atoms with Crippen molar-refractivity contribution >= 4 is 11.5 Å². The predicted molar refractivity (Wildman–Crippen MR) is 62.2 cm³/mol.